The number of amidine groups is 1. The second kappa shape index (κ2) is 9.70. The molecule has 1 aliphatic carbocycles. The third-order valence-corrected chi connectivity index (χ3v) is 5.91. The number of ether oxygens (including phenoxy) is 1. The zero-order chi connectivity index (χ0) is 23.5. The molecule has 11 heteroatoms. The molecule has 2 atom stereocenters. The van der Waals surface area contributed by atoms with Gasteiger partial charge in [0.1, 0.15) is 0 Å². The Balaban J connectivity index is 1.93. The summed E-state index contributed by atoms with van der Waals surface area (Å²) in [5.41, 5.74) is 13.3. The predicted molar refractivity (Wildman–Crippen MR) is 119 cm³/mol. The Morgan fingerprint density at radius 3 is 2.78 bits per heavy atom. The molecule has 1 heterocycles. The van der Waals surface area contributed by atoms with E-state index in [4.69, 9.17) is 21.6 Å². The van der Waals surface area contributed by atoms with Crippen LogP contribution in [-0.2, 0) is 22.6 Å². The number of benzene rings is 1. The molecular weight excluding hydrogens is 420 g/mol. The summed E-state index contributed by atoms with van der Waals surface area (Å²) in [7, 11) is 3.04. The maximum absolute atomic E-state index is 14.4. The summed E-state index contributed by atoms with van der Waals surface area (Å²) in [4.78, 5) is 21.6. The number of nitrogens with one attached hydrogen (secondary N) is 2. The number of nitrogens with two attached hydrogens (primary N) is 2. The van der Waals surface area contributed by atoms with Gasteiger partial charge in [0.15, 0.2) is 17.5 Å². The van der Waals surface area contributed by atoms with Gasteiger partial charge in [0.25, 0.3) is 11.8 Å². The molecule has 32 heavy (non-hydrogen) atoms. The monoisotopic (exact) mass is 449 g/mol. The van der Waals surface area contributed by atoms with Crippen LogP contribution in [0.3, 0.4) is 0 Å². The third kappa shape index (κ3) is 5.10. The van der Waals surface area contributed by atoms with Crippen LogP contribution in [0.25, 0.3) is 0 Å². The Labute approximate surface area is 185 Å². The zero-order valence-corrected chi connectivity index (χ0v) is 18.2. The van der Waals surface area contributed by atoms with Gasteiger partial charge in [0.2, 0.25) is 0 Å². The maximum Gasteiger partial charge on any atom is 0.270 e. The fourth-order valence-corrected chi connectivity index (χ4v) is 4.12. The Hall–Kier alpha value is -2.92. The highest BCUT2D eigenvalue weighted by Gasteiger charge is 2.47. The molecule has 0 saturated heterocycles. The van der Waals surface area contributed by atoms with E-state index in [1.165, 1.54) is 11.9 Å². The Morgan fingerprint density at radius 1 is 1.34 bits per heavy atom. The highest BCUT2D eigenvalue weighted by Crippen LogP contribution is 2.35. The van der Waals surface area contributed by atoms with E-state index >= 15 is 0 Å². The maximum atomic E-state index is 14.4. The van der Waals surface area contributed by atoms with Crippen molar-refractivity contribution in [2.24, 2.45) is 21.5 Å². The van der Waals surface area contributed by atoms with Gasteiger partial charge < -0.3 is 26.4 Å². The number of carbonyl (C=O) groups excluding carboxylic acids is 1. The number of carbonyl (C=O) groups is 1. The standard InChI is InChI=1S/C21H29F2N7O2/c1-27-17-15(4-3-8-21(17,22)23)30(2)20(26)29-19(16(24)18(25)31)28-14-6-5-13-11-32-9-7-12(13)10-14/h5-6,10,15,17,24,27H,3-4,7-9,11H2,1-2H3,(H2,25,31)(H2,26,28,29)/t15-,17-/m1/s1. The summed E-state index contributed by atoms with van der Waals surface area (Å²) >= 11 is 0. The van der Waals surface area contributed by atoms with Gasteiger partial charge >= 0.3 is 0 Å². The van der Waals surface area contributed by atoms with Crippen molar-refractivity contribution in [2.75, 3.05) is 20.7 Å². The molecule has 1 aromatic carbocycles. The minimum Gasteiger partial charge on any atom is -0.376 e. The molecule has 0 bridgehead atoms. The van der Waals surface area contributed by atoms with E-state index in [2.05, 4.69) is 15.3 Å². The van der Waals surface area contributed by atoms with Crippen molar-refractivity contribution >= 4 is 29.1 Å². The molecule has 0 unspecified atom stereocenters. The number of rotatable bonds is 5. The molecule has 1 aliphatic heterocycles. The lowest BCUT2D eigenvalue weighted by Crippen LogP contribution is -2.61. The lowest BCUT2D eigenvalue weighted by atomic mass is 9.86. The van der Waals surface area contributed by atoms with Crippen LogP contribution in [0.1, 0.15) is 30.4 Å². The summed E-state index contributed by atoms with van der Waals surface area (Å²) < 4.78 is 34.2. The number of alkyl halides is 2. The predicted octanol–water partition coefficient (Wildman–Crippen LogP) is 1.32. The fraction of sp³-hybridized carbons (Fsp3) is 0.524. The molecule has 1 aromatic rings. The third-order valence-electron chi connectivity index (χ3n) is 5.91. The number of hydrogen-bond donors (Lipinski definition) is 4. The van der Waals surface area contributed by atoms with Gasteiger partial charge in [-0.3, -0.25) is 10.2 Å². The number of fused-ring (bicyclic) bond motifs is 1. The van der Waals surface area contributed by atoms with Gasteiger partial charge in [0, 0.05) is 13.5 Å². The van der Waals surface area contributed by atoms with Crippen LogP contribution < -0.4 is 16.8 Å². The first-order valence-corrected chi connectivity index (χ1v) is 10.4. The summed E-state index contributed by atoms with van der Waals surface area (Å²) in [6.45, 7) is 1.11. The van der Waals surface area contributed by atoms with E-state index in [1.54, 1.807) is 13.1 Å². The molecule has 2 aliphatic rings. The average molecular weight is 450 g/mol. The van der Waals surface area contributed by atoms with Crippen LogP contribution in [0.2, 0.25) is 0 Å². The van der Waals surface area contributed by atoms with Crippen molar-refractivity contribution in [3.05, 3.63) is 29.3 Å². The second-order valence-corrected chi connectivity index (χ2v) is 8.00. The van der Waals surface area contributed by atoms with Crippen LogP contribution in [0.5, 0.6) is 0 Å². The molecule has 0 radical (unpaired) electrons. The molecule has 0 spiro atoms. The molecule has 1 fully saturated rings. The minimum atomic E-state index is -2.89. The van der Waals surface area contributed by atoms with Crippen molar-refractivity contribution < 1.29 is 18.3 Å². The molecule has 1 amide bonds. The first-order valence-electron chi connectivity index (χ1n) is 10.4. The van der Waals surface area contributed by atoms with Crippen LogP contribution in [-0.4, -0.2) is 67.0 Å². The average Bonchev–Trinajstić information content (AvgIpc) is 2.76. The minimum absolute atomic E-state index is 0.135. The number of hydrogen-bond acceptors (Lipinski definition) is 5. The van der Waals surface area contributed by atoms with E-state index in [0.29, 0.717) is 31.7 Å². The van der Waals surface area contributed by atoms with Crippen LogP contribution in [0.4, 0.5) is 14.5 Å². The van der Waals surface area contributed by atoms with E-state index in [9.17, 15) is 13.6 Å². The Kier molecular flexibility index (Phi) is 7.19. The largest absolute Gasteiger partial charge is 0.376 e. The lowest BCUT2D eigenvalue weighted by molar-refractivity contribution is -0.111. The van der Waals surface area contributed by atoms with Gasteiger partial charge in [-0.05, 0) is 49.6 Å². The summed E-state index contributed by atoms with van der Waals surface area (Å²) in [5.74, 6) is -4.33. The van der Waals surface area contributed by atoms with E-state index in [-0.39, 0.29) is 18.2 Å². The quantitative estimate of drug-likeness (QED) is 0.396. The number of primary amides is 1. The summed E-state index contributed by atoms with van der Waals surface area (Å²) in [5, 5.41) is 10.7. The highest BCUT2D eigenvalue weighted by atomic mass is 19.3. The summed E-state index contributed by atoms with van der Waals surface area (Å²) in [6, 6.07) is 3.67. The number of halogens is 2. The molecular formula is C21H29F2N7O2. The zero-order valence-electron chi connectivity index (χ0n) is 18.2. The number of nitrogens with zero attached hydrogens (tertiary/aromatic N) is 3. The van der Waals surface area contributed by atoms with E-state index in [0.717, 1.165) is 17.5 Å². The van der Waals surface area contributed by atoms with Crippen molar-refractivity contribution in [1.82, 2.24) is 10.2 Å². The SMILES string of the molecule is CN[C@@H]1[C@H](N(C)C(N)=NC(=Nc2ccc3c(c2)CCOC3)C(=N)C(N)=O)CCCC1(F)F. The number of amides is 1. The molecule has 6 N–H and O–H groups in total. The van der Waals surface area contributed by atoms with Crippen molar-refractivity contribution in [3.63, 3.8) is 0 Å². The lowest BCUT2D eigenvalue weighted by Gasteiger charge is -2.42. The van der Waals surface area contributed by atoms with Gasteiger partial charge in [-0.1, -0.05) is 6.07 Å². The number of guanidine groups is 1. The van der Waals surface area contributed by atoms with Crippen LogP contribution >= 0.6 is 0 Å². The molecule has 3 rings (SSSR count). The topological polar surface area (TPSA) is 142 Å². The van der Waals surface area contributed by atoms with Gasteiger partial charge in [-0.2, -0.15) is 4.99 Å². The first-order chi connectivity index (χ1) is 15.1. The highest BCUT2D eigenvalue weighted by molar-refractivity contribution is 6.66. The molecule has 174 valence electrons. The Morgan fingerprint density at radius 2 is 2.09 bits per heavy atom. The van der Waals surface area contributed by atoms with Gasteiger partial charge in [0.05, 0.1) is 31.0 Å². The summed E-state index contributed by atoms with van der Waals surface area (Å²) in [6.07, 6.45) is 1.34. The first kappa shape index (κ1) is 23.7. The Bertz CT molecular complexity index is 948. The number of likely N-dealkylation sites (N-methyl/N-ethyl adjacent to an activating group) is 2. The normalized spacial score (nSPS) is 23.4. The van der Waals surface area contributed by atoms with Crippen molar-refractivity contribution in [2.45, 2.75) is 50.3 Å². The van der Waals surface area contributed by atoms with Crippen LogP contribution in [0.15, 0.2) is 28.2 Å². The van der Waals surface area contributed by atoms with E-state index < -0.39 is 29.6 Å². The van der Waals surface area contributed by atoms with Crippen molar-refractivity contribution in [1.29, 1.82) is 5.41 Å². The van der Waals surface area contributed by atoms with Crippen molar-refractivity contribution in [3.8, 4) is 0 Å². The smallest absolute Gasteiger partial charge is 0.270 e. The molecule has 0 aromatic heterocycles. The van der Waals surface area contributed by atoms with Gasteiger partial charge in [-0.15, -0.1) is 0 Å². The van der Waals surface area contributed by atoms with Crippen LogP contribution in [0, 0.1) is 5.41 Å². The van der Waals surface area contributed by atoms with Gasteiger partial charge in [-0.25, -0.2) is 13.8 Å². The van der Waals surface area contributed by atoms with E-state index in [1.807, 2.05) is 12.1 Å². The second-order valence-electron chi connectivity index (χ2n) is 8.00. The fourth-order valence-electron chi connectivity index (χ4n) is 4.12. The molecule has 9 nitrogen and oxygen atoms in total. The molecule has 1 saturated carbocycles. The number of aliphatic imine (C=N–C) groups is 2.